The molecular formula is C26H27ClN4O4S. The van der Waals surface area contributed by atoms with Gasteiger partial charge in [-0.15, -0.1) is 10.2 Å². The molecule has 0 radical (unpaired) electrons. The topological polar surface area (TPSA) is 106 Å². The average Bonchev–Trinajstić information content (AvgIpc) is 3.28. The Kier molecular flexibility index (Phi) is 9.68. The van der Waals surface area contributed by atoms with Crippen molar-refractivity contribution in [3.63, 3.8) is 0 Å². The lowest BCUT2D eigenvalue weighted by atomic mass is 10.1. The Morgan fingerprint density at radius 2 is 1.94 bits per heavy atom. The second-order valence-electron chi connectivity index (χ2n) is 8.24. The Labute approximate surface area is 219 Å². The van der Waals surface area contributed by atoms with Crippen LogP contribution in [0.2, 0.25) is 5.02 Å². The first-order chi connectivity index (χ1) is 17.3. The van der Waals surface area contributed by atoms with Gasteiger partial charge in [-0.05, 0) is 60.4 Å². The maximum atomic E-state index is 12.6. The molecule has 0 saturated carbocycles. The van der Waals surface area contributed by atoms with E-state index in [0.717, 1.165) is 17.0 Å². The van der Waals surface area contributed by atoms with Crippen LogP contribution in [0.4, 0.5) is 5.13 Å². The Balaban J connectivity index is 1.61. The monoisotopic (exact) mass is 526 g/mol. The highest BCUT2D eigenvalue weighted by molar-refractivity contribution is 7.15. The van der Waals surface area contributed by atoms with E-state index in [2.05, 4.69) is 29.4 Å². The summed E-state index contributed by atoms with van der Waals surface area (Å²) in [5, 5.41) is 22.1. The summed E-state index contributed by atoms with van der Waals surface area (Å²) in [6.45, 7) is 6.69. The number of carbonyl (C=O) groups is 1. The predicted molar refractivity (Wildman–Crippen MR) is 141 cm³/mol. The van der Waals surface area contributed by atoms with Crippen molar-refractivity contribution in [3.8, 4) is 23.3 Å². The van der Waals surface area contributed by atoms with E-state index < -0.39 is 5.91 Å². The molecule has 0 aliphatic carbocycles. The molecule has 1 heterocycles. The van der Waals surface area contributed by atoms with Crippen molar-refractivity contribution < 1.29 is 19.0 Å². The number of anilines is 1. The maximum Gasteiger partial charge on any atom is 0.268 e. The first-order valence-electron chi connectivity index (χ1n) is 11.2. The fourth-order valence-electron chi connectivity index (χ4n) is 3.13. The van der Waals surface area contributed by atoms with Crippen LogP contribution in [0.25, 0.3) is 6.08 Å². The van der Waals surface area contributed by atoms with Crippen LogP contribution in [-0.2, 0) is 11.2 Å². The molecule has 188 valence electrons. The number of halogens is 1. The number of nitrogens with zero attached hydrogens (tertiary/aromatic N) is 3. The number of hydrogen-bond donors (Lipinski definition) is 1. The van der Waals surface area contributed by atoms with Gasteiger partial charge in [0.15, 0.2) is 11.5 Å². The molecule has 2 aromatic carbocycles. The molecule has 0 fully saturated rings. The van der Waals surface area contributed by atoms with E-state index in [-0.39, 0.29) is 5.57 Å². The fraction of sp³-hybridized carbons (Fsp3) is 0.308. The zero-order valence-electron chi connectivity index (χ0n) is 20.5. The van der Waals surface area contributed by atoms with E-state index in [1.165, 1.54) is 24.5 Å². The average molecular weight is 527 g/mol. The SMILES string of the molecule is COc1cc(C=C(C#N)C(=O)Nc2nnc(CC(C)C)s2)ccc1OCCOc1ccc(Cl)c(C)c1. The van der Waals surface area contributed by atoms with Crippen LogP contribution >= 0.6 is 22.9 Å². The number of aryl methyl sites for hydroxylation is 1. The van der Waals surface area contributed by atoms with E-state index >= 15 is 0 Å². The van der Waals surface area contributed by atoms with Gasteiger partial charge in [0.1, 0.15) is 35.6 Å². The number of hydrogen-bond acceptors (Lipinski definition) is 8. The van der Waals surface area contributed by atoms with Crippen molar-refractivity contribution in [2.75, 3.05) is 25.6 Å². The van der Waals surface area contributed by atoms with Crippen molar-refractivity contribution in [2.24, 2.45) is 5.92 Å². The molecule has 0 spiro atoms. The molecule has 0 unspecified atom stereocenters. The zero-order chi connectivity index (χ0) is 26.1. The molecule has 1 amide bonds. The maximum absolute atomic E-state index is 12.6. The van der Waals surface area contributed by atoms with Gasteiger partial charge in [-0.3, -0.25) is 10.1 Å². The first kappa shape index (κ1) is 27.0. The van der Waals surface area contributed by atoms with Gasteiger partial charge in [0.05, 0.1) is 7.11 Å². The second-order valence-corrected chi connectivity index (χ2v) is 9.71. The van der Waals surface area contributed by atoms with Crippen molar-refractivity contribution in [1.29, 1.82) is 5.26 Å². The molecular weight excluding hydrogens is 500 g/mol. The van der Waals surface area contributed by atoms with E-state index in [1.807, 2.05) is 19.1 Å². The van der Waals surface area contributed by atoms with Gasteiger partial charge in [-0.25, -0.2) is 0 Å². The summed E-state index contributed by atoms with van der Waals surface area (Å²) < 4.78 is 16.9. The van der Waals surface area contributed by atoms with Crippen LogP contribution < -0.4 is 19.5 Å². The van der Waals surface area contributed by atoms with E-state index in [9.17, 15) is 10.1 Å². The number of nitriles is 1. The van der Waals surface area contributed by atoms with Crippen molar-refractivity contribution in [1.82, 2.24) is 10.2 Å². The highest BCUT2D eigenvalue weighted by Crippen LogP contribution is 2.29. The Hall–Kier alpha value is -3.61. The molecule has 0 saturated heterocycles. The van der Waals surface area contributed by atoms with Crippen molar-refractivity contribution in [2.45, 2.75) is 27.2 Å². The van der Waals surface area contributed by atoms with Gasteiger partial charge >= 0.3 is 0 Å². The third-order valence-electron chi connectivity index (χ3n) is 4.87. The number of methoxy groups -OCH3 is 1. The lowest BCUT2D eigenvalue weighted by Gasteiger charge is -2.12. The lowest BCUT2D eigenvalue weighted by molar-refractivity contribution is -0.112. The molecule has 1 N–H and O–H groups in total. The number of amides is 1. The van der Waals surface area contributed by atoms with E-state index in [0.29, 0.717) is 52.1 Å². The van der Waals surface area contributed by atoms with Gasteiger partial charge in [0.2, 0.25) is 5.13 Å². The number of nitrogens with one attached hydrogen (secondary N) is 1. The standard InChI is InChI=1S/C26H27ClN4O4S/c1-16(2)11-24-30-31-26(36-24)29-25(32)19(15-28)13-18-5-8-22(23(14-18)33-4)35-10-9-34-20-6-7-21(27)17(3)12-20/h5-8,12-14,16H,9-11H2,1-4H3,(H,29,31,32). The normalized spacial score (nSPS) is 11.2. The summed E-state index contributed by atoms with van der Waals surface area (Å²) in [6, 6.07) is 12.5. The molecule has 3 aromatic rings. The fourth-order valence-corrected chi connectivity index (χ4v) is 4.19. The highest BCUT2D eigenvalue weighted by Gasteiger charge is 2.14. The molecule has 0 aliphatic rings. The third-order valence-corrected chi connectivity index (χ3v) is 6.16. The first-order valence-corrected chi connectivity index (χ1v) is 12.4. The van der Waals surface area contributed by atoms with Crippen LogP contribution in [0.5, 0.6) is 17.2 Å². The minimum Gasteiger partial charge on any atom is -0.493 e. The van der Waals surface area contributed by atoms with E-state index in [4.69, 9.17) is 25.8 Å². The van der Waals surface area contributed by atoms with Crippen LogP contribution in [0, 0.1) is 24.2 Å². The van der Waals surface area contributed by atoms with Gasteiger partial charge in [0, 0.05) is 11.4 Å². The Bertz CT molecular complexity index is 1280. The summed E-state index contributed by atoms with van der Waals surface area (Å²) in [5.41, 5.74) is 1.47. The van der Waals surface area contributed by atoms with Crippen LogP contribution in [0.15, 0.2) is 42.0 Å². The molecule has 0 atom stereocenters. The molecule has 36 heavy (non-hydrogen) atoms. The number of aromatic nitrogens is 2. The largest absolute Gasteiger partial charge is 0.493 e. The summed E-state index contributed by atoms with van der Waals surface area (Å²) in [4.78, 5) is 12.6. The molecule has 10 heteroatoms. The molecule has 3 rings (SSSR count). The molecule has 0 bridgehead atoms. The number of benzene rings is 2. The van der Waals surface area contributed by atoms with Gasteiger partial charge < -0.3 is 14.2 Å². The van der Waals surface area contributed by atoms with Crippen molar-refractivity contribution >= 4 is 40.1 Å². The molecule has 0 aliphatic heterocycles. The van der Waals surface area contributed by atoms with Gasteiger partial charge in [-0.2, -0.15) is 5.26 Å². The number of ether oxygens (including phenoxy) is 3. The van der Waals surface area contributed by atoms with Crippen LogP contribution in [0.3, 0.4) is 0 Å². The smallest absolute Gasteiger partial charge is 0.268 e. The third kappa shape index (κ3) is 7.70. The number of rotatable bonds is 11. The van der Waals surface area contributed by atoms with Gasteiger partial charge in [-0.1, -0.05) is 42.9 Å². The Morgan fingerprint density at radius 1 is 1.17 bits per heavy atom. The zero-order valence-corrected chi connectivity index (χ0v) is 22.1. The quantitative estimate of drug-likeness (QED) is 0.194. The van der Waals surface area contributed by atoms with Crippen molar-refractivity contribution in [3.05, 3.63) is 63.1 Å². The van der Waals surface area contributed by atoms with Crippen LogP contribution in [-0.4, -0.2) is 36.4 Å². The Morgan fingerprint density at radius 3 is 2.64 bits per heavy atom. The summed E-state index contributed by atoms with van der Waals surface area (Å²) in [7, 11) is 1.52. The van der Waals surface area contributed by atoms with E-state index in [1.54, 1.807) is 30.3 Å². The predicted octanol–water partition coefficient (Wildman–Crippen LogP) is 5.71. The minimum absolute atomic E-state index is 0.0713. The lowest BCUT2D eigenvalue weighted by Crippen LogP contribution is -2.13. The second kappa shape index (κ2) is 12.9. The summed E-state index contributed by atoms with van der Waals surface area (Å²) >= 11 is 7.33. The highest BCUT2D eigenvalue weighted by atomic mass is 35.5. The minimum atomic E-state index is -0.557. The summed E-state index contributed by atoms with van der Waals surface area (Å²) in [5.74, 6) is 1.56. The van der Waals surface area contributed by atoms with Crippen LogP contribution in [0.1, 0.15) is 30.0 Å². The number of carbonyl (C=O) groups excluding carboxylic acids is 1. The molecule has 1 aromatic heterocycles. The summed E-state index contributed by atoms with van der Waals surface area (Å²) in [6.07, 6.45) is 2.25. The van der Waals surface area contributed by atoms with Gasteiger partial charge in [0.25, 0.3) is 5.91 Å². The molecule has 8 nitrogen and oxygen atoms in total.